The third kappa shape index (κ3) is 5.67. The molecule has 1 fully saturated rings. The number of hydrogen-bond acceptors (Lipinski definition) is 4. The Morgan fingerprint density at radius 2 is 1.62 bits per heavy atom. The maximum Gasteiger partial charge on any atom is 0.253 e. The molecule has 2 heterocycles. The van der Waals surface area contributed by atoms with Gasteiger partial charge in [0.15, 0.2) is 0 Å². The number of H-pyrrole nitrogens is 1. The van der Waals surface area contributed by atoms with Crippen molar-refractivity contribution < 1.29 is 14.3 Å². The number of amides is 2. The van der Waals surface area contributed by atoms with Crippen LogP contribution >= 0.6 is 0 Å². The van der Waals surface area contributed by atoms with Crippen LogP contribution in [0, 0.1) is 0 Å². The Morgan fingerprint density at radius 3 is 2.35 bits per heavy atom. The van der Waals surface area contributed by atoms with Crippen molar-refractivity contribution >= 4 is 22.7 Å². The fourth-order valence-corrected chi connectivity index (χ4v) is 4.97. The van der Waals surface area contributed by atoms with Gasteiger partial charge in [-0.2, -0.15) is 0 Å². The molecule has 3 aromatic carbocycles. The van der Waals surface area contributed by atoms with Gasteiger partial charge in [-0.25, -0.2) is 0 Å². The Balaban J connectivity index is 1.21. The van der Waals surface area contributed by atoms with Crippen molar-refractivity contribution in [1.82, 2.24) is 20.1 Å². The number of fused-ring (bicyclic) bond motifs is 1. The average molecular weight is 497 g/mol. The van der Waals surface area contributed by atoms with Gasteiger partial charge in [0.05, 0.1) is 13.7 Å². The molecule has 1 aliphatic heterocycles. The molecular formula is C30H32N4O3. The number of carbonyl (C=O) groups excluding carboxylic acids is 2. The number of nitrogens with zero attached hydrogens (tertiary/aromatic N) is 2. The molecule has 2 N–H and O–H groups in total. The van der Waals surface area contributed by atoms with Gasteiger partial charge in [-0.15, -0.1) is 0 Å². The van der Waals surface area contributed by atoms with Gasteiger partial charge in [-0.1, -0.05) is 48.5 Å². The highest BCUT2D eigenvalue weighted by molar-refractivity contribution is 5.94. The molecule has 0 aliphatic carbocycles. The number of methoxy groups -OCH3 is 1. The van der Waals surface area contributed by atoms with Crippen LogP contribution in [-0.4, -0.2) is 73.0 Å². The van der Waals surface area contributed by atoms with Crippen molar-refractivity contribution in [2.75, 3.05) is 46.4 Å². The Labute approximate surface area is 217 Å². The van der Waals surface area contributed by atoms with Crippen LogP contribution in [0.25, 0.3) is 10.9 Å². The summed E-state index contributed by atoms with van der Waals surface area (Å²) in [4.78, 5) is 33.0. The first-order valence-corrected chi connectivity index (χ1v) is 12.7. The number of carbonyl (C=O) groups is 2. The van der Waals surface area contributed by atoms with E-state index in [4.69, 9.17) is 4.74 Å². The summed E-state index contributed by atoms with van der Waals surface area (Å²) in [7, 11) is 1.66. The molecule has 1 aliphatic rings. The summed E-state index contributed by atoms with van der Waals surface area (Å²) in [6.07, 6.45) is 2.04. The highest BCUT2D eigenvalue weighted by Crippen LogP contribution is 2.31. The lowest BCUT2D eigenvalue weighted by molar-refractivity contribution is -0.122. The minimum absolute atomic E-state index is 0.00801. The smallest absolute Gasteiger partial charge is 0.253 e. The van der Waals surface area contributed by atoms with Crippen molar-refractivity contribution in [3.63, 3.8) is 0 Å². The average Bonchev–Trinajstić information content (AvgIpc) is 3.38. The Bertz CT molecular complexity index is 1340. The fourth-order valence-electron chi connectivity index (χ4n) is 4.97. The number of rotatable bonds is 8. The maximum atomic E-state index is 13.0. The number of hydrogen-bond donors (Lipinski definition) is 2. The summed E-state index contributed by atoms with van der Waals surface area (Å²) in [6.45, 7) is 3.39. The van der Waals surface area contributed by atoms with E-state index < -0.39 is 0 Å². The van der Waals surface area contributed by atoms with E-state index in [0.717, 1.165) is 27.8 Å². The maximum absolute atomic E-state index is 13.0. The second kappa shape index (κ2) is 11.3. The summed E-state index contributed by atoms with van der Waals surface area (Å²) in [5.74, 6) is 0.827. The van der Waals surface area contributed by atoms with Crippen molar-refractivity contribution in [1.29, 1.82) is 0 Å². The molecule has 0 bridgehead atoms. The van der Waals surface area contributed by atoms with E-state index in [-0.39, 0.29) is 17.7 Å². The van der Waals surface area contributed by atoms with E-state index in [0.29, 0.717) is 44.8 Å². The highest BCUT2D eigenvalue weighted by atomic mass is 16.5. The van der Waals surface area contributed by atoms with Crippen LogP contribution in [0.15, 0.2) is 85.1 Å². The molecule has 0 spiro atoms. The lowest BCUT2D eigenvalue weighted by atomic mass is 9.90. The topological polar surface area (TPSA) is 77.7 Å². The van der Waals surface area contributed by atoms with Crippen molar-refractivity contribution in [3.05, 3.63) is 102 Å². The van der Waals surface area contributed by atoms with Crippen molar-refractivity contribution in [2.24, 2.45) is 0 Å². The van der Waals surface area contributed by atoms with Gasteiger partial charge < -0.3 is 19.9 Å². The number of aromatic amines is 1. The second-order valence-electron chi connectivity index (χ2n) is 9.35. The first kappa shape index (κ1) is 24.6. The quantitative estimate of drug-likeness (QED) is 0.388. The number of aromatic nitrogens is 1. The number of piperazine rings is 1. The van der Waals surface area contributed by atoms with Gasteiger partial charge in [0, 0.05) is 61.3 Å². The summed E-state index contributed by atoms with van der Waals surface area (Å²) >= 11 is 0. The summed E-state index contributed by atoms with van der Waals surface area (Å²) in [6, 6.07) is 25.6. The number of ether oxygens (including phenoxy) is 1. The Morgan fingerprint density at radius 1 is 0.919 bits per heavy atom. The van der Waals surface area contributed by atoms with E-state index in [2.05, 4.69) is 39.5 Å². The summed E-state index contributed by atoms with van der Waals surface area (Å²) in [5.41, 5.74) is 4.04. The summed E-state index contributed by atoms with van der Waals surface area (Å²) in [5, 5.41) is 4.31. The number of nitrogens with one attached hydrogen (secondary N) is 2. The van der Waals surface area contributed by atoms with Crippen LogP contribution in [0.3, 0.4) is 0 Å². The molecule has 5 rings (SSSR count). The normalized spacial score (nSPS) is 14.9. The lowest BCUT2D eigenvalue weighted by Crippen LogP contribution is -2.51. The van der Waals surface area contributed by atoms with Gasteiger partial charge in [-0.05, 0) is 41.5 Å². The van der Waals surface area contributed by atoms with Gasteiger partial charge in [0.1, 0.15) is 5.75 Å². The number of para-hydroxylation sites is 1. The zero-order chi connectivity index (χ0) is 25.6. The Kier molecular flexibility index (Phi) is 7.51. The molecule has 0 unspecified atom stereocenters. The van der Waals surface area contributed by atoms with E-state index in [9.17, 15) is 9.59 Å². The molecule has 0 radical (unpaired) electrons. The van der Waals surface area contributed by atoms with Crippen LogP contribution in [0.5, 0.6) is 5.75 Å². The Hall–Kier alpha value is -4.10. The molecule has 1 atom stereocenters. The molecule has 7 heteroatoms. The summed E-state index contributed by atoms with van der Waals surface area (Å²) < 4.78 is 5.33. The van der Waals surface area contributed by atoms with E-state index >= 15 is 0 Å². The van der Waals surface area contributed by atoms with Gasteiger partial charge in [0.25, 0.3) is 5.91 Å². The van der Waals surface area contributed by atoms with Gasteiger partial charge in [0.2, 0.25) is 5.91 Å². The molecule has 1 saturated heterocycles. The predicted octanol–water partition coefficient (Wildman–Crippen LogP) is 3.88. The molecular weight excluding hydrogens is 464 g/mol. The van der Waals surface area contributed by atoms with Gasteiger partial charge >= 0.3 is 0 Å². The standard InChI is InChI=1S/C30H32N4O3/c1-37-24-13-11-22(12-14-24)26(27-20-31-28-10-6-5-9-25(27)28)19-32-29(35)21-33-15-17-34(18-16-33)30(36)23-7-3-2-4-8-23/h2-14,20,26,31H,15-19,21H2,1H3,(H,32,35)/t26-/m0/s1. The van der Waals surface area contributed by atoms with Crippen LogP contribution < -0.4 is 10.1 Å². The predicted molar refractivity (Wildman–Crippen MR) is 145 cm³/mol. The molecule has 7 nitrogen and oxygen atoms in total. The molecule has 0 saturated carbocycles. The van der Waals surface area contributed by atoms with Crippen LogP contribution in [0.4, 0.5) is 0 Å². The zero-order valence-corrected chi connectivity index (χ0v) is 21.0. The first-order valence-electron chi connectivity index (χ1n) is 12.7. The molecule has 190 valence electrons. The van der Waals surface area contributed by atoms with E-state index in [1.54, 1.807) is 7.11 Å². The third-order valence-electron chi connectivity index (χ3n) is 7.07. The molecule has 37 heavy (non-hydrogen) atoms. The minimum Gasteiger partial charge on any atom is -0.497 e. The zero-order valence-electron chi connectivity index (χ0n) is 21.0. The SMILES string of the molecule is COc1ccc([C@H](CNC(=O)CN2CCN(C(=O)c3ccccc3)CC2)c2c[nH]c3ccccc23)cc1. The second-order valence-corrected chi connectivity index (χ2v) is 9.35. The molecule has 2 amide bonds. The van der Waals surface area contributed by atoms with Crippen LogP contribution in [0.2, 0.25) is 0 Å². The fraction of sp³-hybridized carbons (Fsp3) is 0.267. The van der Waals surface area contributed by atoms with Crippen molar-refractivity contribution in [2.45, 2.75) is 5.92 Å². The van der Waals surface area contributed by atoms with Gasteiger partial charge in [-0.3, -0.25) is 14.5 Å². The minimum atomic E-state index is -0.0128. The first-order chi connectivity index (χ1) is 18.1. The largest absolute Gasteiger partial charge is 0.497 e. The third-order valence-corrected chi connectivity index (χ3v) is 7.07. The van der Waals surface area contributed by atoms with E-state index in [1.807, 2.05) is 65.7 Å². The lowest BCUT2D eigenvalue weighted by Gasteiger charge is -2.34. The highest BCUT2D eigenvalue weighted by Gasteiger charge is 2.24. The number of benzene rings is 3. The van der Waals surface area contributed by atoms with E-state index in [1.165, 1.54) is 0 Å². The van der Waals surface area contributed by atoms with Crippen molar-refractivity contribution in [3.8, 4) is 5.75 Å². The molecule has 1 aromatic heterocycles. The molecule has 4 aromatic rings. The van der Waals surface area contributed by atoms with Crippen LogP contribution in [-0.2, 0) is 4.79 Å². The monoisotopic (exact) mass is 496 g/mol. The van der Waals surface area contributed by atoms with Crippen LogP contribution in [0.1, 0.15) is 27.4 Å².